The molecule has 0 bridgehead atoms. The molecule has 0 aromatic heterocycles. The van der Waals surface area contributed by atoms with Crippen LogP contribution < -0.4 is 0 Å². The Morgan fingerprint density at radius 2 is 1.77 bits per heavy atom. The first-order valence-electron chi connectivity index (χ1n) is 12.4. The fourth-order valence-corrected chi connectivity index (χ4v) is 6.14. The van der Waals surface area contributed by atoms with Crippen molar-refractivity contribution in [3.8, 4) is 6.07 Å². The van der Waals surface area contributed by atoms with Crippen molar-refractivity contribution < 1.29 is 10.2 Å². The SMILES string of the molecule is CCCCCCCC1C(c2ccc(C(O)C3(CCC)CCC3)cc2)[C@H](O)C[C@H]1C#N. The summed E-state index contributed by atoms with van der Waals surface area (Å²) in [6, 6.07) is 10.8. The molecule has 1 aromatic carbocycles. The first kappa shape index (κ1) is 23.3. The molecule has 2 N–H and O–H groups in total. The number of benzene rings is 1. The van der Waals surface area contributed by atoms with Crippen LogP contribution in [-0.4, -0.2) is 16.3 Å². The van der Waals surface area contributed by atoms with Crippen LogP contribution >= 0.6 is 0 Å². The maximum atomic E-state index is 11.1. The predicted octanol–water partition coefficient (Wildman–Crippen LogP) is 6.66. The van der Waals surface area contributed by atoms with Crippen LogP contribution in [-0.2, 0) is 0 Å². The van der Waals surface area contributed by atoms with Gasteiger partial charge >= 0.3 is 0 Å². The Bertz CT molecular complexity index is 688. The molecule has 2 aliphatic carbocycles. The fourth-order valence-electron chi connectivity index (χ4n) is 6.14. The van der Waals surface area contributed by atoms with Gasteiger partial charge in [-0.2, -0.15) is 5.26 Å². The first-order valence-corrected chi connectivity index (χ1v) is 12.4. The zero-order valence-electron chi connectivity index (χ0n) is 19.0. The summed E-state index contributed by atoms with van der Waals surface area (Å²) in [4.78, 5) is 0. The second kappa shape index (κ2) is 10.8. The Balaban J connectivity index is 1.70. The van der Waals surface area contributed by atoms with Crippen LogP contribution in [0.25, 0.3) is 0 Å². The molecule has 0 spiro atoms. The minimum atomic E-state index is -0.441. The number of nitriles is 1. The van der Waals surface area contributed by atoms with Crippen molar-refractivity contribution in [3.05, 3.63) is 35.4 Å². The third kappa shape index (κ3) is 4.92. The Morgan fingerprint density at radius 1 is 1.07 bits per heavy atom. The molecule has 0 saturated heterocycles. The average molecular weight is 412 g/mol. The maximum Gasteiger partial charge on any atom is 0.0846 e. The quantitative estimate of drug-likeness (QED) is 0.400. The molecule has 0 radical (unpaired) electrons. The molecule has 3 unspecified atom stereocenters. The minimum Gasteiger partial charge on any atom is -0.392 e. The summed E-state index contributed by atoms with van der Waals surface area (Å²) in [7, 11) is 0. The van der Waals surface area contributed by atoms with Gasteiger partial charge in [-0.1, -0.05) is 83.1 Å². The molecule has 0 amide bonds. The molecule has 5 atom stereocenters. The standard InChI is InChI=1S/C27H41NO2/c1-3-5-6-7-8-10-23-22(19-28)18-24(29)25(23)20-11-13-21(14-12-20)26(30)27(15-4-2)16-9-17-27/h11-14,22-26,29-30H,3-10,15-18H2,1-2H3/t22-,23?,24+,25?,26?/m0/s1. The molecule has 2 aliphatic rings. The van der Waals surface area contributed by atoms with Gasteiger partial charge in [-0.15, -0.1) is 0 Å². The Hall–Kier alpha value is -1.37. The van der Waals surface area contributed by atoms with E-state index in [1.54, 1.807) is 0 Å². The van der Waals surface area contributed by atoms with Crippen LogP contribution in [0.5, 0.6) is 0 Å². The summed E-state index contributed by atoms with van der Waals surface area (Å²) in [5.41, 5.74) is 2.20. The van der Waals surface area contributed by atoms with Gasteiger partial charge in [0.1, 0.15) is 0 Å². The largest absolute Gasteiger partial charge is 0.392 e. The van der Waals surface area contributed by atoms with E-state index in [0.717, 1.165) is 49.7 Å². The molecule has 2 saturated carbocycles. The van der Waals surface area contributed by atoms with Gasteiger partial charge < -0.3 is 10.2 Å². The van der Waals surface area contributed by atoms with E-state index in [0.29, 0.717) is 6.42 Å². The van der Waals surface area contributed by atoms with Gasteiger partial charge in [0, 0.05) is 11.3 Å². The van der Waals surface area contributed by atoms with Crippen LogP contribution in [0.15, 0.2) is 24.3 Å². The molecule has 0 aliphatic heterocycles. The third-order valence-electron chi connectivity index (χ3n) is 8.01. The van der Waals surface area contributed by atoms with Crippen molar-refractivity contribution in [2.75, 3.05) is 0 Å². The topological polar surface area (TPSA) is 64.2 Å². The van der Waals surface area contributed by atoms with Gasteiger partial charge in [0.05, 0.1) is 24.2 Å². The van der Waals surface area contributed by atoms with E-state index in [1.807, 2.05) is 0 Å². The lowest BCUT2D eigenvalue weighted by Crippen LogP contribution is -2.36. The number of nitrogens with zero attached hydrogens (tertiary/aromatic N) is 1. The number of hydrogen-bond donors (Lipinski definition) is 2. The van der Waals surface area contributed by atoms with Crippen molar-refractivity contribution >= 4 is 0 Å². The van der Waals surface area contributed by atoms with Crippen molar-refractivity contribution in [2.45, 2.75) is 109 Å². The van der Waals surface area contributed by atoms with Gasteiger partial charge in [-0.3, -0.25) is 0 Å². The fraction of sp³-hybridized carbons (Fsp3) is 0.741. The number of rotatable bonds is 11. The highest BCUT2D eigenvalue weighted by atomic mass is 16.3. The summed E-state index contributed by atoms with van der Waals surface area (Å²) < 4.78 is 0. The first-order chi connectivity index (χ1) is 14.6. The van der Waals surface area contributed by atoms with E-state index in [9.17, 15) is 15.5 Å². The molecular formula is C27H41NO2. The van der Waals surface area contributed by atoms with E-state index in [-0.39, 0.29) is 23.2 Å². The average Bonchev–Trinajstić information content (AvgIpc) is 3.05. The predicted molar refractivity (Wildman–Crippen MR) is 122 cm³/mol. The van der Waals surface area contributed by atoms with Gasteiger partial charge in [0.2, 0.25) is 0 Å². The number of aliphatic hydroxyl groups is 2. The summed E-state index contributed by atoms with van der Waals surface area (Å²) in [5.74, 6) is 0.227. The molecule has 1 aromatic rings. The molecule has 30 heavy (non-hydrogen) atoms. The zero-order chi connectivity index (χ0) is 21.6. The van der Waals surface area contributed by atoms with Gasteiger partial charge in [-0.05, 0) is 49.1 Å². The van der Waals surface area contributed by atoms with Crippen LogP contribution in [0.1, 0.15) is 114 Å². The molecule has 3 nitrogen and oxygen atoms in total. The highest BCUT2D eigenvalue weighted by molar-refractivity contribution is 5.31. The summed E-state index contributed by atoms with van der Waals surface area (Å²) in [5, 5.41) is 31.5. The Kier molecular flexibility index (Phi) is 8.37. The second-order valence-electron chi connectivity index (χ2n) is 9.97. The van der Waals surface area contributed by atoms with Gasteiger partial charge in [0.15, 0.2) is 0 Å². The number of aliphatic hydroxyl groups excluding tert-OH is 2. The Morgan fingerprint density at radius 3 is 2.33 bits per heavy atom. The summed E-state index contributed by atoms with van der Waals surface area (Å²) in [6.07, 6.45) is 12.6. The molecule has 3 rings (SSSR count). The zero-order valence-corrected chi connectivity index (χ0v) is 19.0. The van der Waals surface area contributed by atoms with Gasteiger partial charge in [0.25, 0.3) is 0 Å². The highest BCUT2D eigenvalue weighted by Crippen LogP contribution is 2.53. The third-order valence-corrected chi connectivity index (χ3v) is 8.01. The smallest absolute Gasteiger partial charge is 0.0846 e. The molecule has 0 heterocycles. The van der Waals surface area contributed by atoms with Crippen LogP contribution in [0, 0.1) is 28.6 Å². The van der Waals surface area contributed by atoms with E-state index in [1.165, 1.54) is 32.1 Å². The van der Waals surface area contributed by atoms with Crippen molar-refractivity contribution in [1.29, 1.82) is 5.26 Å². The normalized spacial score (nSPS) is 28.6. The Labute approximate surface area is 183 Å². The van der Waals surface area contributed by atoms with E-state index in [2.05, 4.69) is 44.2 Å². The number of hydrogen-bond acceptors (Lipinski definition) is 3. The van der Waals surface area contributed by atoms with E-state index < -0.39 is 12.2 Å². The van der Waals surface area contributed by atoms with Crippen molar-refractivity contribution in [2.24, 2.45) is 17.3 Å². The molecular weight excluding hydrogens is 370 g/mol. The maximum absolute atomic E-state index is 11.1. The minimum absolute atomic E-state index is 0.0420. The molecule has 166 valence electrons. The molecule has 2 fully saturated rings. The van der Waals surface area contributed by atoms with Crippen molar-refractivity contribution in [3.63, 3.8) is 0 Å². The monoisotopic (exact) mass is 411 g/mol. The molecule has 3 heteroatoms. The highest BCUT2D eigenvalue weighted by Gasteiger charge is 2.44. The van der Waals surface area contributed by atoms with E-state index >= 15 is 0 Å². The summed E-state index contributed by atoms with van der Waals surface area (Å²) >= 11 is 0. The number of unbranched alkanes of at least 4 members (excludes halogenated alkanes) is 4. The van der Waals surface area contributed by atoms with Crippen LogP contribution in [0.3, 0.4) is 0 Å². The van der Waals surface area contributed by atoms with Crippen molar-refractivity contribution in [1.82, 2.24) is 0 Å². The lowest BCUT2D eigenvalue weighted by Gasteiger charge is -2.46. The van der Waals surface area contributed by atoms with Crippen LogP contribution in [0.4, 0.5) is 0 Å². The summed E-state index contributed by atoms with van der Waals surface area (Å²) in [6.45, 7) is 4.43. The lowest BCUT2D eigenvalue weighted by atomic mass is 9.61. The van der Waals surface area contributed by atoms with E-state index in [4.69, 9.17) is 0 Å². The van der Waals surface area contributed by atoms with Gasteiger partial charge in [-0.25, -0.2) is 0 Å². The lowest BCUT2D eigenvalue weighted by molar-refractivity contribution is -0.0440. The van der Waals surface area contributed by atoms with Crippen LogP contribution in [0.2, 0.25) is 0 Å². The second-order valence-corrected chi connectivity index (χ2v) is 9.97.